The van der Waals surface area contributed by atoms with Gasteiger partial charge >= 0.3 is 6.16 Å². The van der Waals surface area contributed by atoms with E-state index in [-0.39, 0.29) is 6.42 Å². The summed E-state index contributed by atoms with van der Waals surface area (Å²) in [6.45, 7) is 0. The van der Waals surface area contributed by atoms with Crippen LogP contribution in [0, 0.1) is 5.92 Å². The average Bonchev–Trinajstić information content (AvgIpc) is 2.35. The Labute approximate surface area is 79.0 Å². The number of ether oxygens (including phenoxy) is 2. The monoisotopic (exact) mass is 205 g/mol. The van der Waals surface area contributed by atoms with Crippen LogP contribution < -0.4 is 5.73 Å². The highest BCUT2D eigenvalue weighted by molar-refractivity contribution is 5.78. The summed E-state index contributed by atoms with van der Waals surface area (Å²) < 4.78 is 9.06. The standard InChI is InChI=1S/C7H11NO6/c8-5(9)3-1-2-4-6(3,10)14-7(11,12)13-4/h3-4,10-12H,1-2H2,(H2,8,9). The first-order chi connectivity index (χ1) is 6.35. The Morgan fingerprint density at radius 2 is 2.00 bits per heavy atom. The van der Waals surface area contributed by atoms with Gasteiger partial charge in [-0.1, -0.05) is 0 Å². The molecule has 2 fully saturated rings. The van der Waals surface area contributed by atoms with Crippen LogP contribution in [0.5, 0.6) is 0 Å². The second kappa shape index (κ2) is 2.65. The molecule has 0 bridgehead atoms. The summed E-state index contributed by atoms with van der Waals surface area (Å²) in [6, 6.07) is 0. The van der Waals surface area contributed by atoms with Crippen molar-refractivity contribution in [3.63, 3.8) is 0 Å². The average molecular weight is 205 g/mol. The van der Waals surface area contributed by atoms with Crippen molar-refractivity contribution in [2.45, 2.75) is 30.9 Å². The minimum absolute atomic E-state index is 0.285. The number of hydrogen-bond acceptors (Lipinski definition) is 6. The molecule has 1 saturated carbocycles. The molecule has 5 N–H and O–H groups in total. The Morgan fingerprint density at radius 3 is 2.57 bits per heavy atom. The molecule has 7 heteroatoms. The summed E-state index contributed by atoms with van der Waals surface area (Å²) in [4.78, 5) is 10.9. The molecular weight excluding hydrogens is 194 g/mol. The lowest BCUT2D eigenvalue weighted by atomic mass is 10.0. The van der Waals surface area contributed by atoms with Gasteiger partial charge in [-0.25, -0.2) is 0 Å². The number of fused-ring (bicyclic) bond motifs is 1. The van der Waals surface area contributed by atoms with E-state index in [1.54, 1.807) is 0 Å². The number of primary amides is 1. The zero-order chi connectivity index (χ0) is 10.6. The normalized spacial score (nSPS) is 45.1. The molecular formula is C7H11NO6. The molecule has 3 atom stereocenters. The van der Waals surface area contributed by atoms with Gasteiger partial charge in [0.15, 0.2) is 0 Å². The van der Waals surface area contributed by atoms with Gasteiger partial charge in [0.05, 0.1) is 5.92 Å². The number of hydrogen-bond donors (Lipinski definition) is 4. The number of amides is 1. The van der Waals surface area contributed by atoms with Crippen molar-refractivity contribution in [3.8, 4) is 0 Å². The van der Waals surface area contributed by atoms with Crippen molar-refractivity contribution in [1.29, 1.82) is 0 Å². The molecule has 3 unspecified atom stereocenters. The van der Waals surface area contributed by atoms with Crippen molar-refractivity contribution in [1.82, 2.24) is 0 Å². The highest BCUT2D eigenvalue weighted by atomic mass is 17.0. The molecule has 0 aromatic rings. The third-order valence-electron chi connectivity index (χ3n) is 2.61. The van der Waals surface area contributed by atoms with Crippen molar-refractivity contribution >= 4 is 5.91 Å². The third-order valence-corrected chi connectivity index (χ3v) is 2.61. The smallest absolute Gasteiger partial charge is 0.369 e. The summed E-state index contributed by atoms with van der Waals surface area (Å²) in [7, 11) is 0. The fourth-order valence-corrected chi connectivity index (χ4v) is 2.00. The molecule has 0 aromatic heterocycles. The van der Waals surface area contributed by atoms with Crippen LogP contribution in [-0.2, 0) is 14.3 Å². The van der Waals surface area contributed by atoms with E-state index in [4.69, 9.17) is 15.9 Å². The predicted molar refractivity (Wildman–Crippen MR) is 40.0 cm³/mol. The summed E-state index contributed by atoms with van der Waals surface area (Å²) in [5, 5.41) is 27.8. The van der Waals surface area contributed by atoms with Crippen LogP contribution in [0.15, 0.2) is 0 Å². The molecule has 80 valence electrons. The van der Waals surface area contributed by atoms with E-state index in [9.17, 15) is 9.90 Å². The van der Waals surface area contributed by atoms with E-state index in [0.717, 1.165) is 0 Å². The van der Waals surface area contributed by atoms with Gasteiger partial charge in [0.25, 0.3) is 0 Å². The molecule has 0 radical (unpaired) electrons. The lowest BCUT2D eigenvalue weighted by molar-refractivity contribution is -0.458. The molecule has 2 aliphatic rings. The van der Waals surface area contributed by atoms with Crippen molar-refractivity contribution in [2.75, 3.05) is 0 Å². The molecule has 14 heavy (non-hydrogen) atoms. The van der Waals surface area contributed by atoms with Gasteiger partial charge in [0.1, 0.15) is 6.10 Å². The van der Waals surface area contributed by atoms with Crippen molar-refractivity contribution in [3.05, 3.63) is 0 Å². The quantitative estimate of drug-likeness (QED) is 0.353. The third kappa shape index (κ3) is 1.22. The van der Waals surface area contributed by atoms with Crippen LogP contribution in [0.4, 0.5) is 0 Å². The van der Waals surface area contributed by atoms with Crippen LogP contribution in [0.1, 0.15) is 12.8 Å². The maximum absolute atomic E-state index is 10.9. The second-order valence-electron chi connectivity index (χ2n) is 3.54. The minimum Gasteiger partial charge on any atom is -0.369 e. The number of rotatable bonds is 1. The number of nitrogens with two attached hydrogens (primary N) is 1. The van der Waals surface area contributed by atoms with E-state index in [0.29, 0.717) is 6.42 Å². The lowest BCUT2D eigenvalue weighted by Crippen LogP contribution is -2.47. The Kier molecular flexibility index (Phi) is 1.85. The van der Waals surface area contributed by atoms with Gasteiger partial charge in [-0.3, -0.25) is 14.3 Å². The highest BCUT2D eigenvalue weighted by Gasteiger charge is 2.64. The number of aliphatic hydroxyl groups is 3. The molecule has 0 aromatic carbocycles. The fourth-order valence-electron chi connectivity index (χ4n) is 2.00. The topological polar surface area (TPSA) is 122 Å². The first kappa shape index (κ1) is 9.81. The Balaban J connectivity index is 2.26. The van der Waals surface area contributed by atoms with Crippen LogP contribution >= 0.6 is 0 Å². The second-order valence-corrected chi connectivity index (χ2v) is 3.54. The van der Waals surface area contributed by atoms with E-state index < -0.39 is 29.9 Å². The first-order valence-electron chi connectivity index (χ1n) is 4.19. The molecule has 0 spiro atoms. The summed E-state index contributed by atoms with van der Waals surface area (Å²) >= 11 is 0. The van der Waals surface area contributed by atoms with Gasteiger partial charge < -0.3 is 21.1 Å². The number of carbonyl (C=O) groups excluding carboxylic acids is 1. The summed E-state index contributed by atoms with van der Waals surface area (Å²) in [5.74, 6) is -3.75. The Bertz CT molecular complexity index is 279. The van der Waals surface area contributed by atoms with Crippen LogP contribution in [-0.4, -0.2) is 39.3 Å². The van der Waals surface area contributed by atoms with Gasteiger partial charge in [-0.15, -0.1) is 0 Å². The van der Waals surface area contributed by atoms with Crippen molar-refractivity contribution in [2.24, 2.45) is 11.7 Å². The SMILES string of the molecule is NC(=O)C1CCC2OC(O)(O)OC21O. The largest absolute Gasteiger partial charge is 0.410 e. The van der Waals surface area contributed by atoms with Crippen molar-refractivity contribution < 1.29 is 29.6 Å². The van der Waals surface area contributed by atoms with E-state index in [1.807, 2.05) is 0 Å². The maximum Gasteiger partial charge on any atom is 0.410 e. The minimum atomic E-state index is -2.84. The lowest BCUT2D eigenvalue weighted by Gasteiger charge is -2.25. The summed E-state index contributed by atoms with van der Waals surface area (Å²) in [5.41, 5.74) is 5.03. The number of carbonyl (C=O) groups is 1. The van der Waals surface area contributed by atoms with Gasteiger partial charge in [-0.05, 0) is 12.8 Å². The van der Waals surface area contributed by atoms with Gasteiger partial charge in [-0.2, -0.15) is 0 Å². The fraction of sp³-hybridized carbons (Fsp3) is 0.857. The predicted octanol–water partition coefficient (Wildman–Crippen LogP) is -2.42. The van der Waals surface area contributed by atoms with Crippen LogP contribution in [0.3, 0.4) is 0 Å². The molecule has 1 amide bonds. The van der Waals surface area contributed by atoms with E-state index >= 15 is 0 Å². The first-order valence-corrected chi connectivity index (χ1v) is 4.19. The van der Waals surface area contributed by atoms with Crippen LogP contribution in [0.2, 0.25) is 0 Å². The van der Waals surface area contributed by atoms with E-state index in [1.165, 1.54) is 0 Å². The molecule has 1 saturated heterocycles. The van der Waals surface area contributed by atoms with Gasteiger partial charge in [0, 0.05) is 0 Å². The molecule has 1 heterocycles. The highest BCUT2D eigenvalue weighted by Crippen LogP contribution is 2.46. The Hall–Kier alpha value is -0.730. The molecule has 7 nitrogen and oxygen atoms in total. The Morgan fingerprint density at radius 1 is 1.36 bits per heavy atom. The molecule has 1 aliphatic heterocycles. The van der Waals surface area contributed by atoms with Gasteiger partial charge in [0.2, 0.25) is 11.7 Å². The summed E-state index contributed by atoms with van der Waals surface area (Å²) in [6.07, 6.45) is -3.19. The maximum atomic E-state index is 10.9. The van der Waals surface area contributed by atoms with Crippen LogP contribution in [0.25, 0.3) is 0 Å². The molecule has 1 aliphatic carbocycles. The molecule has 2 rings (SSSR count). The zero-order valence-corrected chi connectivity index (χ0v) is 7.21. The van der Waals surface area contributed by atoms with E-state index in [2.05, 4.69) is 9.47 Å². The zero-order valence-electron chi connectivity index (χ0n) is 7.21.